The molecule has 3 N–H and O–H groups in total. The van der Waals surface area contributed by atoms with Crippen LogP contribution >= 0.6 is 0 Å². The fraction of sp³-hybridized carbons (Fsp3) is 0.571. The summed E-state index contributed by atoms with van der Waals surface area (Å²) in [5.74, 6) is 0. The van der Waals surface area contributed by atoms with Crippen molar-refractivity contribution in [2.75, 3.05) is 6.54 Å². The molecule has 0 atom stereocenters. The average molecular weight is 203 g/mol. The molecule has 0 fully saturated rings. The van der Waals surface area contributed by atoms with Crippen LogP contribution < -0.4 is 10.5 Å². The Morgan fingerprint density at radius 2 is 2.08 bits per heavy atom. The minimum absolute atomic E-state index is 0.487. The molecule has 0 saturated carbocycles. The zero-order valence-corrected chi connectivity index (χ0v) is 8.48. The molecule has 0 aromatic heterocycles. The lowest BCUT2D eigenvalue weighted by Gasteiger charge is -2.17. The molecule has 0 bridgehead atoms. The molecule has 0 saturated heterocycles. The van der Waals surface area contributed by atoms with Crippen molar-refractivity contribution in [3.63, 3.8) is 0 Å². The molecule has 1 heterocycles. The van der Waals surface area contributed by atoms with Gasteiger partial charge in [0.05, 0.1) is 5.71 Å². The summed E-state index contributed by atoms with van der Waals surface area (Å²) in [6.45, 7) is 3.87. The van der Waals surface area contributed by atoms with Crippen molar-refractivity contribution in [3.05, 3.63) is 11.3 Å². The minimum atomic E-state index is -3.49. The van der Waals surface area contributed by atoms with Gasteiger partial charge < -0.3 is 5.73 Å². The third-order valence-corrected chi connectivity index (χ3v) is 2.90. The van der Waals surface area contributed by atoms with Gasteiger partial charge in [-0.15, -0.1) is 4.40 Å². The highest BCUT2D eigenvalue weighted by Crippen LogP contribution is 2.15. The predicted octanol–water partition coefficient (Wildman–Crippen LogP) is -0.0819. The fourth-order valence-corrected chi connectivity index (χ4v) is 2.32. The molecule has 0 unspecified atom stereocenters. The van der Waals surface area contributed by atoms with Crippen molar-refractivity contribution in [3.8, 4) is 0 Å². The maximum absolute atomic E-state index is 11.1. The molecule has 5 nitrogen and oxygen atoms in total. The highest BCUT2D eigenvalue weighted by Gasteiger charge is 2.19. The third kappa shape index (κ3) is 2.28. The van der Waals surface area contributed by atoms with Gasteiger partial charge in [-0.25, -0.2) is 0 Å². The number of allylic oxidation sites excluding steroid dienone is 1. The predicted molar refractivity (Wildman–Crippen MR) is 51.5 cm³/mol. The molecular formula is C7H13N3O2S. The summed E-state index contributed by atoms with van der Waals surface area (Å²) in [5.41, 5.74) is 7.42. The first-order valence-electron chi connectivity index (χ1n) is 3.96. The van der Waals surface area contributed by atoms with Crippen LogP contribution in [0.5, 0.6) is 0 Å². The largest absolute Gasteiger partial charge is 0.342 e. The van der Waals surface area contributed by atoms with Gasteiger partial charge in [-0.3, -0.25) is 4.72 Å². The smallest absolute Gasteiger partial charge is 0.330 e. The maximum Gasteiger partial charge on any atom is 0.342 e. The van der Waals surface area contributed by atoms with Gasteiger partial charge in [-0.1, -0.05) is 0 Å². The Morgan fingerprint density at radius 3 is 2.54 bits per heavy atom. The Bertz CT molecular complexity index is 367. The molecule has 1 aliphatic heterocycles. The molecule has 0 spiro atoms. The lowest BCUT2D eigenvalue weighted by molar-refractivity contribution is 0.589. The molecule has 13 heavy (non-hydrogen) atoms. The van der Waals surface area contributed by atoms with E-state index in [1.54, 1.807) is 13.8 Å². The number of hydrogen-bond acceptors (Lipinski definition) is 3. The second-order valence-corrected chi connectivity index (χ2v) is 4.23. The van der Waals surface area contributed by atoms with Crippen molar-refractivity contribution >= 4 is 15.9 Å². The fourth-order valence-electron chi connectivity index (χ4n) is 1.30. The summed E-state index contributed by atoms with van der Waals surface area (Å²) < 4.78 is 28.0. The van der Waals surface area contributed by atoms with Gasteiger partial charge in [0.15, 0.2) is 0 Å². The Kier molecular flexibility index (Phi) is 2.72. The number of nitrogens with zero attached hydrogens (tertiary/aromatic N) is 1. The van der Waals surface area contributed by atoms with Crippen molar-refractivity contribution < 1.29 is 8.42 Å². The van der Waals surface area contributed by atoms with Crippen LogP contribution in [0.3, 0.4) is 0 Å². The van der Waals surface area contributed by atoms with Crippen LogP contribution in [-0.4, -0.2) is 20.7 Å². The van der Waals surface area contributed by atoms with E-state index in [2.05, 4.69) is 9.12 Å². The van der Waals surface area contributed by atoms with Crippen molar-refractivity contribution in [2.24, 2.45) is 10.1 Å². The van der Waals surface area contributed by atoms with E-state index in [9.17, 15) is 8.42 Å². The molecule has 0 radical (unpaired) electrons. The maximum atomic E-state index is 11.1. The Hall–Kier alpha value is -0.880. The van der Waals surface area contributed by atoms with Crippen LogP contribution in [0.2, 0.25) is 0 Å². The number of rotatable bonds is 2. The van der Waals surface area contributed by atoms with Gasteiger partial charge in [0.1, 0.15) is 0 Å². The Balaban J connectivity index is 3.06. The quantitative estimate of drug-likeness (QED) is 0.658. The Morgan fingerprint density at radius 1 is 1.46 bits per heavy atom. The first kappa shape index (κ1) is 10.2. The van der Waals surface area contributed by atoms with Crippen LogP contribution in [0.25, 0.3) is 0 Å². The van der Waals surface area contributed by atoms with E-state index >= 15 is 0 Å². The van der Waals surface area contributed by atoms with Gasteiger partial charge in [0.2, 0.25) is 0 Å². The van der Waals surface area contributed by atoms with E-state index in [1.165, 1.54) is 0 Å². The van der Waals surface area contributed by atoms with Crippen LogP contribution in [0.1, 0.15) is 20.3 Å². The zero-order valence-electron chi connectivity index (χ0n) is 7.66. The van der Waals surface area contributed by atoms with Gasteiger partial charge >= 0.3 is 10.2 Å². The molecule has 1 aliphatic rings. The van der Waals surface area contributed by atoms with E-state index in [0.717, 1.165) is 5.57 Å². The standard InChI is InChI=1S/C7H13N3O2S/c1-5-7(3-4-8)6(2)10-13(11,12)9-5/h9H,3-4,8H2,1-2H3. The highest BCUT2D eigenvalue weighted by atomic mass is 32.2. The first-order chi connectivity index (χ1) is 5.96. The second-order valence-electron chi connectivity index (χ2n) is 2.90. The zero-order chi connectivity index (χ0) is 10.1. The summed E-state index contributed by atoms with van der Waals surface area (Å²) >= 11 is 0. The van der Waals surface area contributed by atoms with Gasteiger partial charge in [-0.2, -0.15) is 8.42 Å². The monoisotopic (exact) mass is 203 g/mol. The molecular weight excluding hydrogens is 190 g/mol. The van der Waals surface area contributed by atoms with Crippen LogP contribution in [0, 0.1) is 0 Å². The average Bonchev–Trinajstić information content (AvgIpc) is 1.94. The van der Waals surface area contributed by atoms with Crippen LogP contribution in [-0.2, 0) is 10.2 Å². The molecule has 0 aromatic rings. The Labute approximate surface area is 77.9 Å². The van der Waals surface area contributed by atoms with Crippen molar-refractivity contribution in [1.29, 1.82) is 0 Å². The van der Waals surface area contributed by atoms with Gasteiger partial charge in [0, 0.05) is 5.70 Å². The number of hydrogen-bond donors (Lipinski definition) is 2. The molecule has 0 aliphatic carbocycles. The summed E-state index contributed by atoms with van der Waals surface area (Å²) in [7, 11) is -3.49. The number of nitrogens with two attached hydrogens (primary N) is 1. The topological polar surface area (TPSA) is 84.5 Å². The SMILES string of the molecule is CC1=NS(=O)(=O)NC(C)=C1CCN. The van der Waals surface area contributed by atoms with E-state index in [4.69, 9.17) is 5.73 Å². The highest BCUT2D eigenvalue weighted by molar-refractivity contribution is 7.88. The van der Waals surface area contributed by atoms with Gasteiger partial charge in [-0.05, 0) is 32.4 Å². The van der Waals surface area contributed by atoms with Crippen LogP contribution in [0.15, 0.2) is 15.7 Å². The van der Waals surface area contributed by atoms with Gasteiger partial charge in [0.25, 0.3) is 0 Å². The summed E-state index contributed by atoms with van der Waals surface area (Å²) in [5, 5.41) is 0. The normalized spacial score (nSPS) is 21.0. The summed E-state index contributed by atoms with van der Waals surface area (Å²) in [6.07, 6.45) is 0.643. The summed E-state index contributed by atoms with van der Waals surface area (Å²) in [6, 6.07) is 0. The summed E-state index contributed by atoms with van der Waals surface area (Å²) in [4.78, 5) is 0. The van der Waals surface area contributed by atoms with E-state index in [-0.39, 0.29) is 0 Å². The van der Waals surface area contributed by atoms with E-state index in [0.29, 0.717) is 24.4 Å². The van der Waals surface area contributed by atoms with Crippen LogP contribution in [0.4, 0.5) is 0 Å². The third-order valence-electron chi connectivity index (χ3n) is 1.82. The molecule has 0 aromatic carbocycles. The van der Waals surface area contributed by atoms with E-state index in [1.807, 2.05) is 0 Å². The first-order valence-corrected chi connectivity index (χ1v) is 5.40. The molecule has 6 heteroatoms. The minimum Gasteiger partial charge on any atom is -0.330 e. The lowest BCUT2D eigenvalue weighted by Crippen LogP contribution is -2.28. The molecule has 74 valence electrons. The van der Waals surface area contributed by atoms with Crippen molar-refractivity contribution in [1.82, 2.24) is 4.72 Å². The lowest BCUT2D eigenvalue weighted by atomic mass is 10.1. The van der Waals surface area contributed by atoms with E-state index < -0.39 is 10.2 Å². The number of nitrogens with one attached hydrogen (secondary N) is 1. The molecule has 0 amide bonds. The molecule has 1 rings (SSSR count). The van der Waals surface area contributed by atoms with Crippen molar-refractivity contribution in [2.45, 2.75) is 20.3 Å². The second kappa shape index (κ2) is 3.47.